The van der Waals surface area contributed by atoms with Gasteiger partial charge in [-0.25, -0.2) is 4.39 Å². The maximum atomic E-state index is 13.4. The van der Waals surface area contributed by atoms with Crippen molar-refractivity contribution in [2.24, 2.45) is 5.92 Å². The fourth-order valence-corrected chi connectivity index (χ4v) is 4.31. The van der Waals surface area contributed by atoms with E-state index >= 15 is 0 Å². The molecule has 0 saturated carbocycles. The molecule has 138 valence electrons. The van der Waals surface area contributed by atoms with Crippen molar-refractivity contribution in [3.63, 3.8) is 0 Å². The molecule has 5 nitrogen and oxygen atoms in total. The van der Waals surface area contributed by atoms with Crippen LogP contribution in [-0.2, 0) is 11.2 Å². The summed E-state index contributed by atoms with van der Waals surface area (Å²) in [5.41, 5.74) is 1.45. The second-order valence-corrected chi connectivity index (χ2v) is 7.49. The molecule has 1 amide bonds. The number of carbonyl (C=O) groups excluding carboxylic acids is 1. The molecule has 3 heterocycles. The van der Waals surface area contributed by atoms with Crippen LogP contribution in [0.1, 0.15) is 41.7 Å². The zero-order valence-electron chi connectivity index (χ0n) is 14.8. The normalized spacial score (nSPS) is 22.5. The molecule has 1 aromatic carbocycles. The van der Waals surface area contributed by atoms with Gasteiger partial charge in [-0.05, 0) is 61.8 Å². The highest BCUT2D eigenvalue weighted by Crippen LogP contribution is 2.39. The van der Waals surface area contributed by atoms with Gasteiger partial charge in [-0.3, -0.25) is 9.89 Å². The lowest BCUT2D eigenvalue weighted by molar-refractivity contribution is -0.123. The number of nitrogens with one attached hydrogen (secondary N) is 1. The van der Waals surface area contributed by atoms with Gasteiger partial charge in [0, 0.05) is 25.9 Å². The first-order chi connectivity index (χ1) is 12.6. The number of likely N-dealkylation sites (tertiary alicyclic amines) is 1. The van der Waals surface area contributed by atoms with Crippen LogP contribution in [-0.4, -0.2) is 46.3 Å². The molecule has 2 fully saturated rings. The van der Waals surface area contributed by atoms with Gasteiger partial charge in [-0.1, -0.05) is 12.1 Å². The number of ether oxygens (including phenoxy) is 1. The van der Waals surface area contributed by atoms with Crippen LogP contribution in [0, 0.1) is 11.7 Å². The summed E-state index contributed by atoms with van der Waals surface area (Å²) in [7, 11) is 0. The van der Waals surface area contributed by atoms with Crippen LogP contribution in [0.3, 0.4) is 0 Å². The molecule has 6 heteroatoms. The quantitative estimate of drug-likeness (QED) is 0.918. The van der Waals surface area contributed by atoms with E-state index in [4.69, 9.17) is 4.74 Å². The Kier molecular flexibility index (Phi) is 4.76. The number of halogens is 1. The zero-order valence-corrected chi connectivity index (χ0v) is 14.8. The van der Waals surface area contributed by atoms with Gasteiger partial charge in [0.15, 0.2) is 0 Å². The maximum absolute atomic E-state index is 13.4. The van der Waals surface area contributed by atoms with Crippen molar-refractivity contribution in [1.29, 1.82) is 0 Å². The monoisotopic (exact) mass is 357 g/mol. The van der Waals surface area contributed by atoms with E-state index in [1.807, 2.05) is 11.0 Å². The second-order valence-electron chi connectivity index (χ2n) is 7.49. The predicted octanol–water partition coefficient (Wildman–Crippen LogP) is 3.19. The number of rotatable bonds is 3. The van der Waals surface area contributed by atoms with Gasteiger partial charge in [0.05, 0.1) is 5.60 Å². The molecule has 1 aromatic heterocycles. The van der Waals surface area contributed by atoms with Crippen molar-refractivity contribution in [3.05, 3.63) is 53.6 Å². The first-order valence-corrected chi connectivity index (χ1v) is 9.31. The van der Waals surface area contributed by atoms with Crippen LogP contribution in [0.2, 0.25) is 0 Å². The number of nitrogens with zero attached hydrogens (tertiary/aromatic N) is 2. The number of piperidine rings is 1. The van der Waals surface area contributed by atoms with Gasteiger partial charge in [0.2, 0.25) is 0 Å². The summed E-state index contributed by atoms with van der Waals surface area (Å²) >= 11 is 0. The molecule has 4 rings (SSSR count). The third-order valence-corrected chi connectivity index (χ3v) is 5.70. The van der Waals surface area contributed by atoms with Crippen LogP contribution in [0.5, 0.6) is 0 Å². The number of amides is 1. The molecule has 0 radical (unpaired) electrons. The summed E-state index contributed by atoms with van der Waals surface area (Å²) in [6, 6.07) is 8.60. The number of carbonyl (C=O) groups is 1. The summed E-state index contributed by atoms with van der Waals surface area (Å²) in [6.45, 7) is 2.14. The summed E-state index contributed by atoms with van der Waals surface area (Å²) in [5.74, 6) is 0.333. The topological polar surface area (TPSA) is 58.2 Å². The molecule has 2 aliphatic rings. The lowest BCUT2D eigenvalue weighted by Crippen LogP contribution is -2.51. The number of aromatic amines is 1. The number of H-pyrrole nitrogens is 1. The van der Waals surface area contributed by atoms with Gasteiger partial charge < -0.3 is 9.64 Å². The molecule has 1 atom stereocenters. The minimum atomic E-state index is -0.171. The third kappa shape index (κ3) is 3.65. The van der Waals surface area contributed by atoms with Gasteiger partial charge in [-0.2, -0.15) is 5.10 Å². The number of aromatic nitrogens is 2. The summed E-state index contributed by atoms with van der Waals surface area (Å²) in [5, 5.41) is 6.59. The highest BCUT2D eigenvalue weighted by atomic mass is 19.1. The minimum absolute atomic E-state index is 0.00414. The average molecular weight is 357 g/mol. The Labute approximate surface area is 152 Å². The van der Waals surface area contributed by atoms with E-state index in [0.29, 0.717) is 24.7 Å². The Bertz CT molecular complexity index is 754. The molecule has 2 aromatic rings. The Hall–Kier alpha value is -2.21. The molecule has 26 heavy (non-hydrogen) atoms. The Morgan fingerprint density at radius 2 is 2.19 bits per heavy atom. The van der Waals surface area contributed by atoms with E-state index in [2.05, 4.69) is 10.2 Å². The maximum Gasteiger partial charge on any atom is 0.271 e. The molecule has 1 N–H and O–H groups in total. The molecule has 2 saturated heterocycles. The minimum Gasteiger partial charge on any atom is -0.375 e. The third-order valence-electron chi connectivity index (χ3n) is 5.70. The number of benzene rings is 1. The molecular weight excluding hydrogens is 333 g/mol. The summed E-state index contributed by atoms with van der Waals surface area (Å²) < 4.78 is 19.6. The van der Waals surface area contributed by atoms with Crippen LogP contribution >= 0.6 is 0 Å². The van der Waals surface area contributed by atoms with Crippen molar-refractivity contribution in [2.45, 2.75) is 37.7 Å². The highest BCUT2D eigenvalue weighted by molar-refractivity contribution is 5.92. The van der Waals surface area contributed by atoms with E-state index in [0.717, 1.165) is 44.3 Å². The van der Waals surface area contributed by atoms with Gasteiger partial charge >= 0.3 is 0 Å². The standard InChI is InChI=1S/C20H24FN3O2/c21-17-3-1-2-15(13-17)12-16-5-11-26-20(14-16)6-9-24(10-7-20)19(25)18-4-8-22-23-18/h1-4,8,13,16H,5-7,9-12,14H2,(H,22,23)/t16-/m1/s1. The second kappa shape index (κ2) is 7.19. The van der Waals surface area contributed by atoms with Crippen LogP contribution < -0.4 is 0 Å². The Morgan fingerprint density at radius 1 is 1.35 bits per heavy atom. The molecule has 0 aliphatic carbocycles. The van der Waals surface area contributed by atoms with E-state index in [1.165, 1.54) is 6.07 Å². The SMILES string of the molecule is O=C(c1ccn[nH]1)N1CCC2(CC1)C[C@@H](Cc1cccc(F)c1)CCO2. The smallest absolute Gasteiger partial charge is 0.271 e. The first-order valence-electron chi connectivity index (χ1n) is 9.31. The number of hydrogen-bond donors (Lipinski definition) is 1. The highest BCUT2D eigenvalue weighted by Gasteiger charge is 2.41. The van der Waals surface area contributed by atoms with Crippen LogP contribution in [0.4, 0.5) is 4.39 Å². The van der Waals surface area contributed by atoms with Crippen LogP contribution in [0.15, 0.2) is 36.5 Å². The van der Waals surface area contributed by atoms with E-state index in [-0.39, 0.29) is 17.3 Å². The van der Waals surface area contributed by atoms with Gasteiger partial charge in [0.1, 0.15) is 11.5 Å². The molecule has 0 bridgehead atoms. The van der Waals surface area contributed by atoms with Crippen LogP contribution in [0.25, 0.3) is 0 Å². The Morgan fingerprint density at radius 3 is 2.92 bits per heavy atom. The van der Waals surface area contributed by atoms with E-state index in [9.17, 15) is 9.18 Å². The van der Waals surface area contributed by atoms with Crippen molar-refractivity contribution in [3.8, 4) is 0 Å². The average Bonchev–Trinajstić information content (AvgIpc) is 3.17. The van der Waals surface area contributed by atoms with E-state index < -0.39 is 0 Å². The number of hydrogen-bond acceptors (Lipinski definition) is 3. The molecular formula is C20H24FN3O2. The van der Waals surface area contributed by atoms with Gasteiger partial charge in [0.25, 0.3) is 5.91 Å². The lowest BCUT2D eigenvalue weighted by atomic mass is 9.77. The fraction of sp³-hybridized carbons (Fsp3) is 0.500. The fourth-order valence-electron chi connectivity index (χ4n) is 4.31. The largest absolute Gasteiger partial charge is 0.375 e. The molecule has 0 unspecified atom stereocenters. The summed E-state index contributed by atoms with van der Waals surface area (Å²) in [6.07, 6.45) is 6.18. The Balaban J connectivity index is 1.36. The summed E-state index contributed by atoms with van der Waals surface area (Å²) in [4.78, 5) is 14.3. The van der Waals surface area contributed by atoms with E-state index in [1.54, 1.807) is 24.4 Å². The van der Waals surface area contributed by atoms with Crippen molar-refractivity contribution in [2.75, 3.05) is 19.7 Å². The van der Waals surface area contributed by atoms with Crippen molar-refractivity contribution in [1.82, 2.24) is 15.1 Å². The lowest BCUT2D eigenvalue weighted by Gasteiger charge is -2.46. The van der Waals surface area contributed by atoms with Crippen molar-refractivity contribution >= 4 is 5.91 Å². The molecule has 1 spiro atoms. The molecule has 2 aliphatic heterocycles. The van der Waals surface area contributed by atoms with Crippen molar-refractivity contribution < 1.29 is 13.9 Å². The first kappa shape index (κ1) is 17.2. The predicted molar refractivity (Wildman–Crippen MR) is 95.2 cm³/mol. The zero-order chi connectivity index (χ0) is 18.0. The van der Waals surface area contributed by atoms with Gasteiger partial charge in [-0.15, -0.1) is 0 Å².